The largest absolute Gasteiger partial charge is 0.503 e. The van der Waals surface area contributed by atoms with E-state index in [1.54, 1.807) is 12.1 Å². The summed E-state index contributed by atoms with van der Waals surface area (Å²) in [6.07, 6.45) is 4.08. The van der Waals surface area contributed by atoms with Gasteiger partial charge in [-0.15, -0.1) is 0 Å². The van der Waals surface area contributed by atoms with Crippen LogP contribution in [0.15, 0.2) is 93.9 Å². The van der Waals surface area contributed by atoms with E-state index in [4.69, 9.17) is 4.74 Å². The summed E-state index contributed by atoms with van der Waals surface area (Å²) in [5.41, 5.74) is 5.73. The summed E-state index contributed by atoms with van der Waals surface area (Å²) >= 11 is 7.11. The van der Waals surface area contributed by atoms with Crippen molar-refractivity contribution in [1.29, 1.82) is 0 Å². The summed E-state index contributed by atoms with van der Waals surface area (Å²) in [5, 5.41) is 11.8. The highest BCUT2D eigenvalue weighted by atomic mass is 79.9. The summed E-state index contributed by atoms with van der Waals surface area (Å²) in [6.45, 7) is 6.03. The Morgan fingerprint density at radius 2 is 1.79 bits per heavy atom. The first-order valence-corrected chi connectivity index (χ1v) is 13.7. The van der Waals surface area contributed by atoms with E-state index in [1.165, 1.54) is 7.11 Å². The second kappa shape index (κ2) is 10.1. The normalized spacial score (nSPS) is 22.6. The van der Waals surface area contributed by atoms with Crippen LogP contribution in [0, 0.1) is 12.8 Å². The van der Waals surface area contributed by atoms with Crippen LogP contribution in [-0.2, 0) is 15.0 Å². The number of phenols is 1. The number of halogens is 2. The Morgan fingerprint density at radius 1 is 1.11 bits per heavy atom. The lowest BCUT2D eigenvalue weighted by Crippen LogP contribution is -2.48. The minimum Gasteiger partial charge on any atom is -0.503 e. The molecule has 5 rings (SSSR count). The number of carbonyl (C=O) groups is 2. The van der Waals surface area contributed by atoms with Crippen LogP contribution < -0.4 is 10.2 Å². The fourth-order valence-electron chi connectivity index (χ4n) is 5.70. The van der Waals surface area contributed by atoms with Gasteiger partial charge in [-0.25, -0.2) is 0 Å². The zero-order valence-corrected chi connectivity index (χ0v) is 24.0. The number of nitrogens with zero attached hydrogens (tertiary/aromatic N) is 1. The summed E-state index contributed by atoms with van der Waals surface area (Å²) < 4.78 is 6.43. The van der Waals surface area contributed by atoms with Crippen LogP contribution in [0.1, 0.15) is 29.0 Å². The minimum absolute atomic E-state index is 0.0649. The number of allylic oxidation sites excluding steroid dienone is 3. The third-order valence-electron chi connectivity index (χ3n) is 7.49. The molecule has 2 amide bonds. The average molecular weight is 638 g/mol. The van der Waals surface area contributed by atoms with Gasteiger partial charge in [0.05, 0.1) is 28.6 Å². The number of hydrogen-bond donors (Lipinski definition) is 2. The highest BCUT2D eigenvalue weighted by Crippen LogP contribution is 2.60. The van der Waals surface area contributed by atoms with Gasteiger partial charge in [-0.2, -0.15) is 5.01 Å². The molecular formula is C30H26Br2N2O4. The number of methoxy groups -OCH3 is 1. The fraction of sp³-hybridized carbons (Fsp3) is 0.200. The molecule has 3 aromatic carbocycles. The Morgan fingerprint density at radius 3 is 2.42 bits per heavy atom. The van der Waals surface area contributed by atoms with E-state index in [0.29, 0.717) is 26.6 Å². The molecule has 3 aromatic rings. The van der Waals surface area contributed by atoms with Crippen molar-refractivity contribution in [3.8, 4) is 11.5 Å². The number of ether oxygens (including phenoxy) is 1. The van der Waals surface area contributed by atoms with Crippen LogP contribution in [0.5, 0.6) is 11.5 Å². The highest BCUT2D eigenvalue weighted by Gasteiger charge is 2.66. The topological polar surface area (TPSA) is 78.9 Å². The highest BCUT2D eigenvalue weighted by molar-refractivity contribution is 9.13. The van der Waals surface area contributed by atoms with Crippen LogP contribution in [0.4, 0.5) is 5.69 Å². The number of hydrazine groups is 1. The van der Waals surface area contributed by atoms with Crippen molar-refractivity contribution in [2.45, 2.75) is 24.7 Å². The SMILES string of the molecule is C=CC1=CCC2C(=O)N(Nc3ccc(C)cc3)C(=O)C2(c2ccccc2)C1c1cc(OC)c(O)c(Br)c1Br. The van der Waals surface area contributed by atoms with E-state index >= 15 is 0 Å². The molecule has 0 radical (unpaired) electrons. The third-order valence-corrected chi connectivity index (χ3v) is 9.65. The summed E-state index contributed by atoms with van der Waals surface area (Å²) in [7, 11) is 1.47. The third kappa shape index (κ3) is 3.89. The summed E-state index contributed by atoms with van der Waals surface area (Å²) in [6, 6.07) is 18.7. The Labute approximate surface area is 238 Å². The Bertz CT molecular complexity index is 1470. The monoisotopic (exact) mass is 636 g/mol. The number of imide groups is 1. The molecule has 194 valence electrons. The molecule has 0 aromatic heterocycles. The van der Waals surface area contributed by atoms with E-state index in [9.17, 15) is 14.7 Å². The zero-order valence-electron chi connectivity index (χ0n) is 20.9. The van der Waals surface area contributed by atoms with Crippen LogP contribution >= 0.6 is 31.9 Å². The second-order valence-electron chi connectivity index (χ2n) is 9.47. The molecule has 2 N–H and O–H groups in total. The lowest BCUT2D eigenvalue weighted by Gasteiger charge is -2.43. The number of benzene rings is 3. The van der Waals surface area contributed by atoms with Crippen molar-refractivity contribution < 1.29 is 19.4 Å². The maximum absolute atomic E-state index is 14.7. The van der Waals surface area contributed by atoms with Gasteiger partial charge >= 0.3 is 0 Å². The van der Waals surface area contributed by atoms with Crippen molar-refractivity contribution in [3.63, 3.8) is 0 Å². The Kier molecular flexibility index (Phi) is 6.96. The van der Waals surface area contributed by atoms with Gasteiger partial charge in [0.2, 0.25) is 0 Å². The molecule has 1 saturated heterocycles. The molecule has 0 bridgehead atoms. The van der Waals surface area contributed by atoms with Gasteiger partial charge in [-0.05, 0) is 80.1 Å². The number of aryl methyl sites for hydroxylation is 1. The Hall–Kier alpha value is -3.36. The van der Waals surface area contributed by atoms with Crippen molar-refractivity contribution in [3.05, 3.63) is 111 Å². The van der Waals surface area contributed by atoms with Gasteiger partial charge in [-0.3, -0.25) is 15.0 Å². The molecule has 3 atom stereocenters. The van der Waals surface area contributed by atoms with E-state index in [0.717, 1.165) is 21.7 Å². The van der Waals surface area contributed by atoms with Gasteiger partial charge < -0.3 is 9.84 Å². The average Bonchev–Trinajstić information content (AvgIpc) is 3.15. The van der Waals surface area contributed by atoms with Crippen LogP contribution in [0.2, 0.25) is 0 Å². The number of nitrogens with one attached hydrogen (secondary N) is 1. The van der Waals surface area contributed by atoms with Gasteiger partial charge in [0.25, 0.3) is 11.8 Å². The molecule has 3 unspecified atom stereocenters. The molecule has 38 heavy (non-hydrogen) atoms. The van der Waals surface area contributed by atoms with E-state index in [2.05, 4.69) is 43.9 Å². The van der Waals surface area contributed by atoms with E-state index in [1.807, 2.05) is 67.6 Å². The van der Waals surface area contributed by atoms with E-state index in [-0.39, 0.29) is 23.3 Å². The number of aromatic hydroxyl groups is 1. The maximum Gasteiger partial charge on any atom is 0.260 e. The van der Waals surface area contributed by atoms with Crippen LogP contribution in [-0.4, -0.2) is 29.0 Å². The second-order valence-corrected chi connectivity index (χ2v) is 11.1. The molecule has 8 heteroatoms. The number of rotatable bonds is 6. The molecule has 1 aliphatic carbocycles. The quantitative estimate of drug-likeness (QED) is 0.291. The van der Waals surface area contributed by atoms with Crippen molar-refractivity contribution >= 4 is 49.4 Å². The number of carbonyl (C=O) groups excluding carboxylic acids is 2. The number of phenolic OH excluding ortho intramolecular Hbond substituents is 1. The van der Waals surface area contributed by atoms with Crippen molar-refractivity contribution in [1.82, 2.24) is 5.01 Å². The first-order chi connectivity index (χ1) is 18.2. The molecule has 0 saturated carbocycles. The van der Waals surface area contributed by atoms with Crippen molar-refractivity contribution in [2.24, 2.45) is 5.92 Å². The molecule has 0 spiro atoms. The summed E-state index contributed by atoms with van der Waals surface area (Å²) in [4.78, 5) is 28.7. The van der Waals surface area contributed by atoms with E-state index < -0.39 is 17.3 Å². The Balaban J connectivity index is 1.78. The lowest BCUT2D eigenvalue weighted by atomic mass is 9.56. The predicted octanol–water partition coefficient (Wildman–Crippen LogP) is 6.78. The fourth-order valence-corrected chi connectivity index (χ4v) is 6.66. The number of amides is 2. The number of fused-ring (bicyclic) bond motifs is 1. The molecule has 6 nitrogen and oxygen atoms in total. The first kappa shape index (κ1) is 26.3. The summed E-state index contributed by atoms with van der Waals surface area (Å²) in [5.74, 6) is -1.76. The van der Waals surface area contributed by atoms with Gasteiger partial charge in [0.15, 0.2) is 11.5 Å². The van der Waals surface area contributed by atoms with Crippen molar-refractivity contribution in [2.75, 3.05) is 12.5 Å². The molecule has 1 fully saturated rings. The molecule has 2 aliphatic rings. The molecule has 1 aliphatic heterocycles. The van der Waals surface area contributed by atoms with Crippen LogP contribution in [0.25, 0.3) is 0 Å². The standard InChI is InChI=1S/C30H26Br2N2O4/c1-4-18-12-15-22-28(36)34(33-20-13-10-17(2)11-14-20)29(37)30(22,19-8-6-5-7-9-19)24(18)21-16-23(38-3)27(35)26(32)25(21)31/h4-14,16,22,24,33,35H,1,15H2,2-3H3. The van der Waals surface area contributed by atoms with Crippen LogP contribution in [0.3, 0.4) is 0 Å². The minimum atomic E-state index is -1.28. The number of hydrogen-bond acceptors (Lipinski definition) is 5. The van der Waals surface area contributed by atoms with Gasteiger partial charge in [0.1, 0.15) is 0 Å². The number of anilines is 1. The van der Waals surface area contributed by atoms with Gasteiger partial charge in [0, 0.05) is 10.4 Å². The zero-order chi connectivity index (χ0) is 27.2. The smallest absolute Gasteiger partial charge is 0.260 e. The molecular weight excluding hydrogens is 612 g/mol. The predicted molar refractivity (Wildman–Crippen MR) is 154 cm³/mol. The maximum atomic E-state index is 14.7. The molecule has 1 heterocycles. The lowest BCUT2D eigenvalue weighted by molar-refractivity contribution is -0.138. The van der Waals surface area contributed by atoms with Gasteiger partial charge in [-0.1, -0.05) is 66.8 Å². The first-order valence-electron chi connectivity index (χ1n) is 12.1.